The number of carboxylic acid groups (broad SMARTS) is 1. The second-order valence-electron chi connectivity index (χ2n) is 15.5. The number of allylic oxidation sites excluding steroid dienone is 4. The lowest BCUT2D eigenvalue weighted by Gasteiger charge is -2.18. The van der Waals surface area contributed by atoms with Gasteiger partial charge in [-0.05, 0) is 109 Å². The molecule has 2 unspecified atom stereocenters. The molecule has 0 radical (unpaired) electrons. The molecule has 2 atom stereocenters. The van der Waals surface area contributed by atoms with Gasteiger partial charge in [0.1, 0.15) is 12.1 Å². The van der Waals surface area contributed by atoms with Crippen molar-refractivity contribution in [3.05, 3.63) is 24.3 Å². The van der Waals surface area contributed by atoms with Gasteiger partial charge in [0.05, 0.1) is 0 Å². The van der Waals surface area contributed by atoms with Gasteiger partial charge in [-0.15, -0.1) is 0 Å². The zero-order valence-electron chi connectivity index (χ0n) is 34.9. The average Bonchev–Trinajstić information content (AvgIpc) is 3.14. The Bertz CT molecular complexity index is 889. The third-order valence-corrected chi connectivity index (χ3v) is 10.2. The van der Waals surface area contributed by atoms with E-state index in [0.717, 1.165) is 70.6 Å². The first kappa shape index (κ1) is 50.9. The van der Waals surface area contributed by atoms with Gasteiger partial charge in [0, 0.05) is 12.8 Å². The average molecular weight is 747 g/mol. The number of esters is 1. The normalized spacial score (nSPS) is 12.8. The number of amides is 1. The molecule has 310 valence electrons. The van der Waals surface area contributed by atoms with Crippen LogP contribution in [0.2, 0.25) is 0 Å². The number of carboxylic acids is 1. The highest BCUT2D eigenvalue weighted by Crippen LogP contribution is 2.18. The number of hydrogen-bond donors (Lipinski definition) is 3. The van der Waals surface area contributed by atoms with Crippen molar-refractivity contribution in [3.8, 4) is 0 Å². The van der Waals surface area contributed by atoms with Crippen LogP contribution in [0.5, 0.6) is 0 Å². The summed E-state index contributed by atoms with van der Waals surface area (Å²) in [7, 11) is 0. The largest absolute Gasteiger partial charge is 0.480 e. The maximum Gasteiger partial charge on any atom is 0.326 e. The standard InChI is InChI=1S/C46H86N2O5/c1-3-5-7-9-11-13-15-17-18-19-20-22-24-27-31-36-42(53-45(50)40-34-30-25-23-21-16-14-12-10-8-6-4-2)37-32-28-26-29-33-39-44(49)48-43(46(51)52)38-35-41-47/h12,14,19-20,42-43H,3-11,13,15-18,21-41,47H2,1-2H3,(H,48,49)(H,51,52)/b14-12-,20-19-. The second-order valence-corrected chi connectivity index (χ2v) is 15.5. The summed E-state index contributed by atoms with van der Waals surface area (Å²) in [6.07, 6.45) is 46.5. The maximum absolute atomic E-state index is 12.8. The van der Waals surface area contributed by atoms with E-state index in [1.165, 1.54) is 122 Å². The van der Waals surface area contributed by atoms with Crippen LogP contribution in [0.1, 0.15) is 232 Å². The molecule has 0 spiro atoms. The zero-order valence-corrected chi connectivity index (χ0v) is 34.9. The number of nitrogens with two attached hydrogens (primary N) is 1. The van der Waals surface area contributed by atoms with E-state index in [1.54, 1.807) is 0 Å². The molecule has 0 aliphatic carbocycles. The van der Waals surface area contributed by atoms with Crippen LogP contribution in [0.3, 0.4) is 0 Å². The third-order valence-electron chi connectivity index (χ3n) is 10.2. The summed E-state index contributed by atoms with van der Waals surface area (Å²) in [5.41, 5.74) is 5.49. The minimum atomic E-state index is -1.00. The molecule has 0 rings (SSSR count). The Balaban J connectivity index is 4.36. The summed E-state index contributed by atoms with van der Waals surface area (Å²) in [4.78, 5) is 36.4. The third kappa shape index (κ3) is 37.9. The molecule has 0 aromatic carbocycles. The van der Waals surface area contributed by atoms with Crippen molar-refractivity contribution in [3.63, 3.8) is 0 Å². The molecule has 7 heteroatoms. The van der Waals surface area contributed by atoms with Crippen LogP contribution in [0.15, 0.2) is 24.3 Å². The number of carbonyl (C=O) groups excluding carboxylic acids is 2. The van der Waals surface area contributed by atoms with Crippen molar-refractivity contribution in [2.45, 2.75) is 244 Å². The molecule has 1 amide bonds. The second kappa shape index (κ2) is 41.0. The van der Waals surface area contributed by atoms with E-state index in [0.29, 0.717) is 32.2 Å². The van der Waals surface area contributed by atoms with E-state index >= 15 is 0 Å². The molecule has 53 heavy (non-hydrogen) atoms. The van der Waals surface area contributed by atoms with Crippen molar-refractivity contribution in [1.29, 1.82) is 0 Å². The van der Waals surface area contributed by atoms with E-state index in [1.807, 2.05) is 0 Å². The van der Waals surface area contributed by atoms with Crippen molar-refractivity contribution < 1.29 is 24.2 Å². The van der Waals surface area contributed by atoms with E-state index < -0.39 is 12.0 Å². The minimum Gasteiger partial charge on any atom is -0.480 e. The lowest BCUT2D eigenvalue weighted by Crippen LogP contribution is -2.40. The highest BCUT2D eigenvalue weighted by molar-refractivity contribution is 5.83. The fourth-order valence-corrected chi connectivity index (χ4v) is 6.79. The van der Waals surface area contributed by atoms with E-state index in [9.17, 15) is 19.5 Å². The Kier molecular flexibility index (Phi) is 39.4. The van der Waals surface area contributed by atoms with Gasteiger partial charge in [-0.2, -0.15) is 0 Å². The smallest absolute Gasteiger partial charge is 0.326 e. The van der Waals surface area contributed by atoms with Crippen molar-refractivity contribution in [2.75, 3.05) is 6.54 Å². The number of aliphatic carboxylic acids is 1. The molecular formula is C46H86N2O5. The minimum absolute atomic E-state index is 0.00335. The first-order valence-corrected chi connectivity index (χ1v) is 22.7. The Morgan fingerprint density at radius 3 is 1.42 bits per heavy atom. The van der Waals surface area contributed by atoms with Gasteiger partial charge in [0.2, 0.25) is 5.91 Å². The molecule has 0 aromatic heterocycles. The van der Waals surface area contributed by atoms with Gasteiger partial charge in [-0.1, -0.05) is 141 Å². The number of rotatable bonds is 41. The summed E-state index contributed by atoms with van der Waals surface area (Å²) < 4.78 is 6.04. The summed E-state index contributed by atoms with van der Waals surface area (Å²) in [6, 6.07) is -0.857. The Hall–Kier alpha value is -2.15. The van der Waals surface area contributed by atoms with Gasteiger partial charge in [-0.25, -0.2) is 4.79 Å². The molecule has 0 bridgehead atoms. The van der Waals surface area contributed by atoms with Crippen molar-refractivity contribution in [2.24, 2.45) is 5.73 Å². The number of unbranched alkanes of at least 4 members (excludes halogenated alkanes) is 23. The summed E-state index contributed by atoms with van der Waals surface area (Å²) in [5, 5.41) is 11.9. The highest BCUT2D eigenvalue weighted by atomic mass is 16.5. The molecule has 0 aliphatic heterocycles. The maximum atomic E-state index is 12.8. The fraction of sp³-hybridized carbons (Fsp3) is 0.848. The number of carbonyl (C=O) groups is 3. The molecular weight excluding hydrogens is 661 g/mol. The molecule has 0 aliphatic rings. The Morgan fingerprint density at radius 2 is 0.925 bits per heavy atom. The van der Waals surface area contributed by atoms with Gasteiger partial charge in [0.15, 0.2) is 0 Å². The van der Waals surface area contributed by atoms with Crippen molar-refractivity contribution >= 4 is 17.8 Å². The van der Waals surface area contributed by atoms with Gasteiger partial charge in [0.25, 0.3) is 0 Å². The topological polar surface area (TPSA) is 119 Å². The predicted octanol–water partition coefficient (Wildman–Crippen LogP) is 12.8. The molecule has 0 saturated carbocycles. The van der Waals surface area contributed by atoms with Crippen LogP contribution in [0.25, 0.3) is 0 Å². The number of hydrogen-bond acceptors (Lipinski definition) is 5. The van der Waals surface area contributed by atoms with Crippen LogP contribution < -0.4 is 11.1 Å². The lowest BCUT2D eigenvalue weighted by atomic mass is 10.0. The molecule has 0 heterocycles. The first-order valence-electron chi connectivity index (χ1n) is 22.7. The quantitative estimate of drug-likeness (QED) is 0.0325. The zero-order chi connectivity index (χ0) is 38.9. The molecule has 0 aromatic rings. The number of nitrogens with one attached hydrogen (secondary N) is 1. The van der Waals surface area contributed by atoms with Gasteiger partial charge < -0.3 is 20.9 Å². The Labute approximate surface area is 327 Å². The predicted molar refractivity (Wildman–Crippen MR) is 225 cm³/mol. The van der Waals surface area contributed by atoms with Crippen LogP contribution in [-0.2, 0) is 19.1 Å². The van der Waals surface area contributed by atoms with Crippen LogP contribution >= 0.6 is 0 Å². The SMILES string of the molecule is CCCCC/C=C\CCCCCCCC(=O)OC(CCCCC/C=C\CCCCCCCCCC)CCCCCCCC(=O)NC(CCCN)C(=O)O. The fourth-order valence-electron chi connectivity index (χ4n) is 6.79. The monoisotopic (exact) mass is 747 g/mol. The summed E-state index contributed by atoms with van der Waals surface area (Å²) in [6.45, 7) is 4.93. The molecule has 0 saturated heterocycles. The molecule has 0 fully saturated rings. The van der Waals surface area contributed by atoms with Gasteiger partial charge >= 0.3 is 11.9 Å². The van der Waals surface area contributed by atoms with Crippen molar-refractivity contribution in [1.82, 2.24) is 5.32 Å². The first-order chi connectivity index (χ1) is 25.9. The van der Waals surface area contributed by atoms with E-state index in [4.69, 9.17) is 10.5 Å². The van der Waals surface area contributed by atoms with Crippen LogP contribution in [0, 0.1) is 0 Å². The molecule has 4 N–H and O–H groups in total. The Morgan fingerprint density at radius 1 is 0.528 bits per heavy atom. The van der Waals surface area contributed by atoms with Crippen LogP contribution in [0.4, 0.5) is 0 Å². The van der Waals surface area contributed by atoms with Gasteiger partial charge in [-0.3, -0.25) is 9.59 Å². The highest BCUT2D eigenvalue weighted by Gasteiger charge is 2.19. The van der Waals surface area contributed by atoms with E-state index in [2.05, 4.69) is 43.5 Å². The van der Waals surface area contributed by atoms with E-state index in [-0.39, 0.29) is 18.0 Å². The lowest BCUT2D eigenvalue weighted by molar-refractivity contribution is -0.150. The summed E-state index contributed by atoms with van der Waals surface area (Å²) in [5.74, 6) is -1.24. The van der Waals surface area contributed by atoms with Crippen LogP contribution in [-0.4, -0.2) is 41.6 Å². The summed E-state index contributed by atoms with van der Waals surface area (Å²) >= 11 is 0. The molecule has 7 nitrogen and oxygen atoms in total. The number of ether oxygens (including phenoxy) is 1.